The summed E-state index contributed by atoms with van der Waals surface area (Å²) in [4.78, 5) is 13.5. The van der Waals surface area contributed by atoms with E-state index in [1.54, 1.807) is 0 Å². The fourth-order valence-corrected chi connectivity index (χ4v) is 2.05. The average molecular weight is 207 g/mol. The maximum absolute atomic E-state index is 11.2. The number of rotatable bonds is 2. The zero-order valence-corrected chi connectivity index (χ0v) is 9.32. The van der Waals surface area contributed by atoms with Crippen LogP contribution in [0.2, 0.25) is 0 Å². The van der Waals surface area contributed by atoms with Crippen LogP contribution in [0.25, 0.3) is 0 Å². The molecule has 1 aromatic heterocycles. The van der Waals surface area contributed by atoms with Gasteiger partial charge in [0.25, 0.3) is 0 Å². The number of hydrogen-bond acceptors (Lipinski definition) is 3. The van der Waals surface area contributed by atoms with Gasteiger partial charge in [0.15, 0.2) is 0 Å². The Morgan fingerprint density at radius 1 is 1.53 bits per heavy atom. The number of carbonyl (C=O) groups is 1. The number of hydrogen-bond donors (Lipinski definition) is 0. The van der Waals surface area contributed by atoms with Crippen LogP contribution in [0.15, 0.2) is 16.5 Å². The molecule has 0 amide bonds. The second kappa shape index (κ2) is 4.19. The molecular formula is C12H17NO2. The largest absolute Gasteiger partial charge is 0.465 e. The molecule has 1 saturated heterocycles. The first kappa shape index (κ1) is 10.4. The van der Waals surface area contributed by atoms with E-state index in [1.165, 1.54) is 0 Å². The first-order valence-electron chi connectivity index (χ1n) is 5.46. The van der Waals surface area contributed by atoms with Crippen molar-refractivity contribution in [1.82, 2.24) is 4.90 Å². The van der Waals surface area contributed by atoms with Crippen molar-refractivity contribution in [1.29, 1.82) is 0 Å². The molecule has 0 saturated carbocycles. The molecule has 1 fully saturated rings. The third-order valence-electron chi connectivity index (χ3n) is 2.98. The van der Waals surface area contributed by atoms with Crippen LogP contribution in [-0.2, 0) is 11.3 Å². The lowest BCUT2D eigenvalue weighted by Gasteiger charge is -2.31. The second-order valence-electron chi connectivity index (χ2n) is 4.32. The smallest absolute Gasteiger partial charge is 0.135 e. The minimum absolute atomic E-state index is 0.344. The number of ketones is 1. The van der Waals surface area contributed by atoms with Crippen molar-refractivity contribution in [3.63, 3.8) is 0 Å². The summed E-state index contributed by atoms with van der Waals surface area (Å²) in [6.07, 6.45) is 1.36. The Hall–Kier alpha value is -1.09. The predicted molar refractivity (Wildman–Crippen MR) is 57.6 cm³/mol. The number of nitrogens with zero attached hydrogens (tertiary/aromatic N) is 1. The number of carbonyl (C=O) groups excluding carboxylic acids is 1. The molecule has 1 aromatic rings. The summed E-state index contributed by atoms with van der Waals surface area (Å²) in [7, 11) is 0. The van der Waals surface area contributed by atoms with Gasteiger partial charge < -0.3 is 4.42 Å². The number of aryl methyl sites for hydroxylation is 1. The fraction of sp³-hybridized carbons (Fsp3) is 0.583. The summed E-state index contributed by atoms with van der Waals surface area (Å²) in [5.74, 6) is 2.33. The molecule has 0 radical (unpaired) electrons. The van der Waals surface area contributed by atoms with E-state index in [0.29, 0.717) is 24.7 Å². The van der Waals surface area contributed by atoms with Crippen LogP contribution in [0, 0.1) is 6.92 Å². The van der Waals surface area contributed by atoms with Crippen LogP contribution < -0.4 is 0 Å². The lowest BCUT2D eigenvalue weighted by atomic mass is 10.0. The van der Waals surface area contributed by atoms with E-state index >= 15 is 0 Å². The minimum atomic E-state index is 0.344. The Bertz CT molecular complexity index is 356. The summed E-state index contributed by atoms with van der Waals surface area (Å²) in [6, 6.07) is 4.34. The van der Waals surface area contributed by atoms with Crippen LogP contribution >= 0.6 is 0 Å². The van der Waals surface area contributed by atoms with E-state index in [9.17, 15) is 4.79 Å². The standard InChI is InChI=1S/C12H17NO2/c1-9-7-11(14)5-6-13(9)8-12-4-3-10(2)15-12/h3-4,9H,5-8H2,1-2H3. The molecule has 1 atom stereocenters. The van der Waals surface area contributed by atoms with E-state index in [2.05, 4.69) is 11.8 Å². The van der Waals surface area contributed by atoms with E-state index in [0.717, 1.165) is 24.6 Å². The SMILES string of the molecule is Cc1ccc(CN2CCC(=O)CC2C)o1. The van der Waals surface area contributed by atoms with Crippen molar-refractivity contribution >= 4 is 5.78 Å². The molecule has 0 aliphatic carbocycles. The molecule has 0 spiro atoms. The van der Waals surface area contributed by atoms with Crippen LogP contribution in [0.3, 0.4) is 0 Å². The van der Waals surface area contributed by atoms with Crippen LogP contribution in [-0.4, -0.2) is 23.3 Å². The molecule has 1 aliphatic heterocycles. The Morgan fingerprint density at radius 2 is 2.33 bits per heavy atom. The normalized spacial score (nSPS) is 23.3. The van der Waals surface area contributed by atoms with Crippen molar-refractivity contribution < 1.29 is 9.21 Å². The topological polar surface area (TPSA) is 33.5 Å². The Labute approximate surface area is 90.1 Å². The molecule has 0 N–H and O–H groups in total. The third-order valence-corrected chi connectivity index (χ3v) is 2.98. The molecule has 82 valence electrons. The first-order chi connectivity index (χ1) is 7.15. The highest BCUT2D eigenvalue weighted by Crippen LogP contribution is 2.18. The Morgan fingerprint density at radius 3 is 2.93 bits per heavy atom. The number of furan rings is 1. The number of likely N-dealkylation sites (tertiary alicyclic amines) is 1. The summed E-state index contributed by atoms with van der Waals surface area (Å²) in [5.41, 5.74) is 0. The van der Waals surface area contributed by atoms with Gasteiger partial charge in [0.2, 0.25) is 0 Å². The Kier molecular flexibility index (Phi) is 2.91. The molecule has 3 heteroatoms. The second-order valence-corrected chi connectivity index (χ2v) is 4.32. The number of Topliss-reactive ketones (excluding diaryl/α,β-unsaturated/α-hetero) is 1. The van der Waals surface area contributed by atoms with Gasteiger partial charge in [0.05, 0.1) is 6.54 Å². The zero-order valence-electron chi connectivity index (χ0n) is 9.32. The molecule has 3 nitrogen and oxygen atoms in total. The highest BCUT2D eigenvalue weighted by Gasteiger charge is 2.23. The fourth-order valence-electron chi connectivity index (χ4n) is 2.05. The van der Waals surface area contributed by atoms with Crippen LogP contribution in [0.1, 0.15) is 31.3 Å². The van der Waals surface area contributed by atoms with E-state index in [4.69, 9.17) is 4.42 Å². The number of piperidine rings is 1. The first-order valence-corrected chi connectivity index (χ1v) is 5.46. The van der Waals surface area contributed by atoms with Crippen molar-refractivity contribution in [2.45, 2.75) is 39.3 Å². The molecule has 2 rings (SSSR count). The van der Waals surface area contributed by atoms with Gasteiger partial charge in [-0.25, -0.2) is 0 Å². The zero-order chi connectivity index (χ0) is 10.8. The summed E-state index contributed by atoms with van der Waals surface area (Å²) >= 11 is 0. The summed E-state index contributed by atoms with van der Waals surface area (Å²) in [6.45, 7) is 5.74. The van der Waals surface area contributed by atoms with Gasteiger partial charge in [-0.2, -0.15) is 0 Å². The lowest BCUT2D eigenvalue weighted by molar-refractivity contribution is -0.123. The van der Waals surface area contributed by atoms with Gasteiger partial charge in [-0.05, 0) is 26.0 Å². The molecule has 0 bridgehead atoms. The molecule has 0 aromatic carbocycles. The van der Waals surface area contributed by atoms with Gasteiger partial charge in [0.1, 0.15) is 17.3 Å². The van der Waals surface area contributed by atoms with E-state index < -0.39 is 0 Å². The Balaban J connectivity index is 1.97. The summed E-state index contributed by atoms with van der Waals surface area (Å²) < 4.78 is 5.53. The highest BCUT2D eigenvalue weighted by atomic mass is 16.3. The monoisotopic (exact) mass is 207 g/mol. The van der Waals surface area contributed by atoms with Gasteiger partial charge >= 0.3 is 0 Å². The van der Waals surface area contributed by atoms with Gasteiger partial charge in [-0.3, -0.25) is 9.69 Å². The summed E-state index contributed by atoms with van der Waals surface area (Å²) in [5, 5.41) is 0. The van der Waals surface area contributed by atoms with Crippen LogP contribution in [0.5, 0.6) is 0 Å². The highest BCUT2D eigenvalue weighted by molar-refractivity contribution is 5.79. The van der Waals surface area contributed by atoms with Gasteiger partial charge in [-0.1, -0.05) is 0 Å². The predicted octanol–water partition coefficient (Wildman–Crippen LogP) is 2.14. The van der Waals surface area contributed by atoms with Crippen molar-refractivity contribution in [2.75, 3.05) is 6.54 Å². The van der Waals surface area contributed by atoms with Crippen molar-refractivity contribution in [2.24, 2.45) is 0 Å². The maximum atomic E-state index is 11.2. The third kappa shape index (κ3) is 2.48. The van der Waals surface area contributed by atoms with Crippen LogP contribution in [0.4, 0.5) is 0 Å². The molecule has 1 unspecified atom stereocenters. The molecule has 1 aliphatic rings. The quantitative estimate of drug-likeness (QED) is 0.745. The lowest BCUT2D eigenvalue weighted by Crippen LogP contribution is -2.40. The van der Waals surface area contributed by atoms with E-state index in [-0.39, 0.29) is 0 Å². The van der Waals surface area contributed by atoms with Crippen molar-refractivity contribution in [3.05, 3.63) is 23.7 Å². The molecule has 2 heterocycles. The molecule has 15 heavy (non-hydrogen) atoms. The average Bonchev–Trinajstić information content (AvgIpc) is 2.56. The van der Waals surface area contributed by atoms with Crippen molar-refractivity contribution in [3.8, 4) is 0 Å². The van der Waals surface area contributed by atoms with Gasteiger partial charge in [-0.15, -0.1) is 0 Å². The maximum Gasteiger partial charge on any atom is 0.135 e. The van der Waals surface area contributed by atoms with Gasteiger partial charge in [0, 0.05) is 25.4 Å². The van der Waals surface area contributed by atoms with E-state index in [1.807, 2.05) is 19.1 Å². The molecular weight excluding hydrogens is 190 g/mol. The minimum Gasteiger partial charge on any atom is -0.465 e.